The van der Waals surface area contributed by atoms with Crippen molar-refractivity contribution in [1.82, 2.24) is 9.21 Å². The lowest BCUT2D eigenvalue weighted by Gasteiger charge is -2.35. The molecule has 10 heteroatoms. The Hall–Kier alpha value is -1.65. The van der Waals surface area contributed by atoms with Gasteiger partial charge in [0.15, 0.2) is 0 Å². The highest BCUT2D eigenvalue weighted by Gasteiger charge is 2.25. The molecule has 0 bridgehead atoms. The zero-order valence-electron chi connectivity index (χ0n) is 15.8. The van der Waals surface area contributed by atoms with Crippen molar-refractivity contribution in [3.05, 3.63) is 40.7 Å². The summed E-state index contributed by atoms with van der Waals surface area (Å²) in [4.78, 5) is 17.0. The maximum Gasteiger partial charge on any atom is 0.252 e. The minimum absolute atomic E-state index is 0.212. The first kappa shape index (κ1) is 21.1. The van der Waals surface area contributed by atoms with Crippen LogP contribution in [0.2, 0.25) is 5.02 Å². The van der Waals surface area contributed by atoms with Crippen LogP contribution in [-0.4, -0.2) is 70.3 Å². The first-order valence-corrected chi connectivity index (χ1v) is 11.5. The highest BCUT2D eigenvalue weighted by Crippen LogP contribution is 2.30. The summed E-state index contributed by atoms with van der Waals surface area (Å²) in [5.74, 6) is -0.416. The number of nitrogens with zero attached hydrogens (tertiary/aromatic N) is 3. The van der Waals surface area contributed by atoms with Gasteiger partial charge in [-0.3, -0.25) is 4.79 Å². The molecular weight excluding hydrogens is 420 g/mol. The first-order valence-electron chi connectivity index (χ1n) is 8.80. The second kappa shape index (κ2) is 8.79. The van der Waals surface area contributed by atoms with E-state index < -0.39 is 15.9 Å². The molecular formula is C18H23ClN4O3S2. The standard InChI is InChI=1S/C18H23ClN4O3S2/c1-21-7-9-23(10-8-21)16-6-5-14(19)12-15(16)20-17(24)13-22(2)28(25,26)18-4-3-11-27-18/h3-6,11-12H,7-10,13H2,1-2H3,(H,20,24). The summed E-state index contributed by atoms with van der Waals surface area (Å²) in [6, 6.07) is 8.56. The predicted molar refractivity (Wildman–Crippen MR) is 114 cm³/mol. The summed E-state index contributed by atoms with van der Waals surface area (Å²) in [5, 5.41) is 5.02. The Balaban J connectivity index is 1.72. The van der Waals surface area contributed by atoms with Gasteiger partial charge in [0, 0.05) is 38.2 Å². The van der Waals surface area contributed by atoms with Gasteiger partial charge in [0.25, 0.3) is 10.0 Å². The lowest BCUT2D eigenvalue weighted by Crippen LogP contribution is -2.44. The van der Waals surface area contributed by atoms with Gasteiger partial charge in [0.1, 0.15) is 4.21 Å². The molecule has 1 aliphatic heterocycles. The Morgan fingerprint density at radius 1 is 1.25 bits per heavy atom. The van der Waals surface area contributed by atoms with Crippen molar-refractivity contribution in [3.8, 4) is 0 Å². The number of nitrogens with one attached hydrogen (secondary N) is 1. The van der Waals surface area contributed by atoms with Crippen LogP contribution in [0.1, 0.15) is 0 Å². The van der Waals surface area contributed by atoms with E-state index in [9.17, 15) is 13.2 Å². The van der Waals surface area contributed by atoms with E-state index in [-0.39, 0.29) is 10.8 Å². The van der Waals surface area contributed by atoms with Crippen molar-refractivity contribution in [2.24, 2.45) is 0 Å². The molecule has 2 heterocycles. The van der Waals surface area contributed by atoms with E-state index in [4.69, 9.17) is 11.6 Å². The fourth-order valence-corrected chi connectivity index (χ4v) is 5.47. The van der Waals surface area contributed by atoms with Crippen LogP contribution in [0.25, 0.3) is 0 Å². The number of benzene rings is 1. The fourth-order valence-electron chi connectivity index (χ4n) is 2.97. The SMILES string of the molecule is CN1CCN(c2ccc(Cl)cc2NC(=O)CN(C)S(=O)(=O)c2cccs2)CC1. The smallest absolute Gasteiger partial charge is 0.252 e. The molecule has 0 unspecified atom stereocenters. The molecule has 2 aromatic rings. The summed E-state index contributed by atoms with van der Waals surface area (Å²) in [7, 11) is -0.207. The average Bonchev–Trinajstić information content (AvgIpc) is 3.18. The monoisotopic (exact) mass is 442 g/mol. The van der Waals surface area contributed by atoms with Crippen LogP contribution in [0.4, 0.5) is 11.4 Å². The fraction of sp³-hybridized carbons (Fsp3) is 0.389. The molecule has 28 heavy (non-hydrogen) atoms. The van der Waals surface area contributed by atoms with Crippen LogP contribution < -0.4 is 10.2 Å². The molecule has 1 aromatic heterocycles. The Bertz CT molecular complexity index is 926. The highest BCUT2D eigenvalue weighted by atomic mass is 35.5. The Kier molecular flexibility index (Phi) is 6.61. The average molecular weight is 443 g/mol. The minimum atomic E-state index is -3.68. The Morgan fingerprint density at radius 2 is 1.96 bits per heavy atom. The summed E-state index contributed by atoms with van der Waals surface area (Å²) in [6.07, 6.45) is 0. The number of carbonyl (C=O) groups excluding carboxylic acids is 1. The number of rotatable bonds is 6. The van der Waals surface area contributed by atoms with Crippen LogP contribution in [0.15, 0.2) is 39.9 Å². The molecule has 1 saturated heterocycles. The van der Waals surface area contributed by atoms with Crippen LogP contribution in [0, 0.1) is 0 Å². The van der Waals surface area contributed by atoms with E-state index in [0.717, 1.165) is 47.5 Å². The molecule has 1 aliphatic rings. The lowest BCUT2D eigenvalue weighted by molar-refractivity contribution is -0.116. The normalized spacial score (nSPS) is 15.8. The van der Waals surface area contributed by atoms with Crippen molar-refractivity contribution in [2.45, 2.75) is 4.21 Å². The molecule has 0 atom stereocenters. The molecule has 1 amide bonds. The molecule has 1 aromatic carbocycles. The predicted octanol–water partition coefficient (Wildman–Crippen LogP) is 2.41. The molecule has 0 saturated carbocycles. The Labute approximate surface area is 174 Å². The topological polar surface area (TPSA) is 73.0 Å². The third-order valence-corrected chi connectivity index (χ3v) is 8.01. The van der Waals surface area contributed by atoms with Gasteiger partial charge in [-0.05, 0) is 36.7 Å². The zero-order chi connectivity index (χ0) is 20.3. The number of carbonyl (C=O) groups is 1. The number of hydrogen-bond acceptors (Lipinski definition) is 6. The number of likely N-dealkylation sites (N-methyl/N-ethyl adjacent to an activating group) is 2. The van der Waals surface area contributed by atoms with E-state index in [0.29, 0.717) is 10.7 Å². The van der Waals surface area contributed by atoms with Crippen LogP contribution in [0.5, 0.6) is 0 Å². The molecule has 7 nitrogen and oxygen atoms in total. The molecule has 152 valence electrons. The number of amides is 1. The summed E-state index contributed by atoms with van der Waals surface area (Å²) in [5.41, 5.74) is 1.47. The van der Waals surface area contributed by atoms with E-state index in [1.165, 1.54) is 13.1 Å². The quantitative estimate of drug-likeness (QED) is 0.743. The zero-order valence-corrected chi connectivity index (χ0v) is 18.1. The van der Waals surface area contributed by atoms with E-state index in [2.05, 4.69) is 22.2 Å². The molecule has 1 N–H and O–H groups in total. The van der Waals surface area contributed by atoms with E-state index in [1.54, 1.807) is 23.6 Å². The largest absolute Gasteiger partial charge is 0.367 e. The molecule has 0 radical (unpaired) electrons. The number of halogens is 1. The summed E-state index contributed by atoms with van der Waals surface area (Å²) in [6.45, 7) is 3.26. The van der Waals surface area contributed by atoms with Crippen LogP contribution in [-0.2, 0) is 14.8 Å². The van der Waals surface area contributed by atoms with Gasteiger partial charge < -0.3 is 15.1 Å². The van der Waals surface area contributed by atoms with E-state index in [1.807, 2.05) is 6.07 Å². The number of anilines is 2. The maximum absolute atomic E-state index is 12.6. The minimum Gasteiger partial charge on any atom is -0.367 e. The van der Waals surface area contributed by atoms with Gasteiger partial charge >= 0.3 is 0 Å². The van der Waals surface area contributed by atoms with Gasteiger partial charge in [-0.1, -0.05) is 17.7 Å². The number of piperazine rings is 1. The van der Waals surface area contributed by atoms with Crippen molar-refractivity contribution < 1.29 is 13.2 Å². The van der Waals surface area contributed by atoms with Crippen molar-refractivity contribution in [3.63, 3.8) is 0 Å². The van der Waals surface area contributed by atoms with Gasteiger partial charge in [-0.2, -0.15) is 4.31 Å². The number of sulfonamides is 1. The van der Waals surface area contributed by atoms with Gasteiger partial charge in [-0.25, -0.2) is 8.42 Å². The van der Waals surface area contributed by atoms with Gasteiger partial charge in [-0.15, -0.1) is 11.3 Å². The highest BCUT2D eigenvalue weighted by molar-refractivity contribution is 7.91. The summed E-state index contributed by atoms with van der Waals surface area (Å²) >= 11 is 7.25. The third kappa shape index (κ3) is 4.84. The molecule has 3 rings (SSSR count). The van der Waals surface area contributed by atoms with Gasteiger partial charge in [0.05, 0.1) is 17.9 Å². The summed E-state index contributed by atoms with van der Waals surface area (Å²) < 4.78 is 26.3. The van der Waals surface area contributed by atoms with Gasteiger partial charge in [0.2, 0.25) is 5.91 Å². The number of thiophene rings is 1. The first-order chi connectivity index (χ1) is 13.3. The molecule has 1 fully saturated rings. The molecule has 0 spiro atoms. The van der Waals surface area contributed by atoms with Crippen LogP contribution >= 0.6 is 22.9 Å². The maximum atomic E-state index is 12.6. The lowest BCUT2D eigenvalue weighted by atomic mass is 10.2. The van der Waals surface area contributed by atoms with Crippen LogP contribution in [0.3, 0.4) is 0 Å². The van der Waals surface area contributed by atoms with Crippen molar-refractivity contribution in [1.29, 1.82) is 0 Å². The second-order valence-electron chi connectivity index (χ2n) is 6.69. The van der Waals surface area contributed by atoms with Crippen molar-refractivity contribution in [2.75, 3.05) is 57.0 Å². The molecule has 0 aliphatic carbocycles. The Morgan fingerprint density at radius 3 is 2.61 bits per heavy atom. The van der Waals surface area contributed by atoms with Crippen molar-refractivity contribution >= 4 is 50.2 Å². The van der Waals surface area contributed by atoms with E-state index >= 15 is 0 Å². The number of hydrogen-bond donors (Lipinski definition) is 1. The second-order valence-corrected chi connectivity index (χ2v) is 10.3. The third-order valence-electron chi connectivity index (χ3n) is 4.60.